The van der Waals surface area contributed by atoms with Crippen LogP contribution < -0.4 is 4.74 Å². The minimum Gasteiger partial charge on any atom is -0.485 e. The lowest BCUT2D eigenvalue weighted by Crippen LogP contribution is -2.27. The number of nitrogens with one attached hydrogen (secondary N) is 1. The monoisotopic (exact) mass is 462 g/mol. The van der Waals surface area contributed by atoms with Crippen molar-refractivity contribution in [3.63, 3.8) is 0 Å². The molecule has 8 heteroatoms. The summed E-state index contributed by atoms with van der Waals surface area (Å²) >= 11 is 0. The third-order valence-electron chi connectivity index (χ3n) is 6.02. The first-order chi connectivity index (χ1) is 15.9. The number of nitrogens with zero attached hydrogens (tertiary/aromatic N) is 3. The Balaban J connectivity index is 1.40. The van der Waals surface area contributed by atoms with E-state index in [1.165, 1.54) is 0 Å². The lowest BCUT2D eigenvalue weighted by Gasteiger charge is -2.15. The van der Waals surface area contributed by atoms with E-state index in [9.17, 15) is 8.42 Å². The predicted molar refractivity (Wildman–Crippen MR) is 128 cm³/mol. The molecule has 0 atom stereocenters. The van der Waals surface area contributed by atoms with Crippen LogP contribution in [0.3, 0.4) is 0 Å². The van der Waals surface area contributed by atoms with Crippen molar-refractivity contribution < 1.29 is 13.2 Å². The topological polar surface area (TPSA) is 88.2 Å². The van der Waals surface area contributed by atoms with Gasteiger partial charge in [0.15, 0.2) is 0 Å². The molecule has 1 fully saturated rings. The zero-order valence-electron chi connectivity index (χ0n) is 18.7. The summed E-state index contributed by atoms with van der Waals surface area (Å²) in [6, 6.07) is 15.0. The van der Waals surface area contributed by atoms with Gasteiger partial charge in [-0.25, -0.2) is 13.4 Å². The van der Waals surface area contributed by atoms with Gasteiger partial charge >= 0.3 is 0 Å². The number of fused-ring (bicyclic) bond motifs is 1. The Kier molecular flexibility index (Phi) is 5.64. The van der Waals surface area contributed by atoms with E-state index < -0.39 is 10.0 Å². The second-order valence-corrected chi connectivity index (χ2v) is 10.3. The van der Waals surface area contributed by atoms with Gasteiger partial charge in [0.05, 0.1) is 16.3 Å². The summed E-state index contributed by atoms with van der Waals surface area (Å²) in [7, 11) is -3.42. The van der Waals surface area contributed by atoms with Crippen LogP contribution in [-0.4, -0.2) is 40.8 Å². The van der Waals surface area contributed by atoms with Gasteiger partial charge in [0.1, 0.15) is 18.0 Å². The fourth-order valence-corrected chi connectivity index (χ4v) is 5.79. The van der Waals surface area contributed by atoms with Gasteiger partial charge < -0.3 is 9.72 Å². The molecule has 3 aromatic heterocycles. The smallest absolute Gasteiger partial charge is 0.243 e. The standard InChI is InChI=1S/C25H26N4O3S/c1-17-5-10-24(18(2)27-17)32-16-20-15-23-22(11-12-26-25(23)28-20)19-6-8-21(9-7-19)33(30,31)29-13-3-4-14-29/h5-12,15H,3-4,13-14,16H2,1-2H3,(H,26,28). The molecule has 1 aliphatic rings. The molecule has 1 aliphatic heterocycles. The summed E-state index contributed by atoms with van der Waals surface area (Å²) in [5.74, 6) is 0.752. The van der Waals surface area contributed by atoms with Crippen LogP contribution in [-0.2, 0) is 16.6 Å². The first kappa shape index (κ1) is 21.6. The van der Waals surface area contributed by atoms with Crippen molar-refractivity contribution in [1.82, 2.24) is 19.3 Å². The molecule has 0 saturated carbocycles. The summed E-state index contributed by atoms with van der Waals surface area (Å²) in [5, 5.41) is 0.963. The van der Waals surface area contributed by atoms with Gasteiger partial charge in [-0.1, -0.05) is 12.1 Å². The number of ether oxygens (including phenoxy) is 1. The van der Waals surface area contributed by atoms with E-state index in [4.69, 9.17) is 4.74 Å². The van der Waals surface area contributed by atoms with Gasteiger partial charge in [-0.15, -0.1) is 0 Å². The van der Waals surface area contributed by atoms with E-state index in [0.29, 0.717) is 24.6 Å². The predicted octanol–water partition coefficient (Wildman–Crippen LogP) is 4.61. The Bertz CT molecular complexity index is 1410. The third kappa shape index (κ3) is 4.24. The number of aryl methyl sites for hydroxylation is 2. The zero-order valence-corrected chi connectivity index (χ0v) is 19.5. The highest BCUT2D eigenvalue weighted by Gasteiger charge is 2.27. The van der Waals surface area contributed by atoms with E-state index in [0.717, 1.165) is 57.8 Å². The SMILES string of the molecule is Cc1ccc(OCc2cc3c(-c4ccc(S(=O)(=O)N5CCCC5)cc4)ccnc3[nH]2)c(C)n1. The summed E-state index contributed by atoms with van der Waals surface area (Å²) in [6.07, 6.45) is 3.60. The fraction of sp³-hybridized carbons (Fsp3) is 0.280. The molecule has 1 N–H and O–H groups in total. The maximum Gasteiger partial charge on any atom is 0.243 e. The van der Waals surface area contributed by atoms with Crippen molar-refractivity contribution in [3.05, 3.63) is 71.8 Å². The van der Waals surface area contributed by atoms with E-state index in [-0.39, 0.29) is 0 Å². The molecule has 0 unspecified atom stereocenters. The van der Waals surface area contributed by atoms with Gasteiger partial charge in [-0.05, 0) is 74.2 Å². The second-order valence-electron chi connectivity index (χ2n) is 8.38. The largest absolute Gasteiger partial charge is 0.485 e. The molecule has 0 bridgehead atoms. The lowest BCUT2D eigenvalue weighted by molar-refractivity contribution is 0.298. The number of hydrogen-bond acceptors (Lipinski definition) is 5. The molecular weight excluding hydrogens is 436 g/mol. The van der Waals surface area contributed by atoms with E-state index in [1.807, 2.05) is 50.2 Å². The van der Waals surface area contributed by atoms with Gasteiger partial charge in [0, 0.05) is 30.4 Å². The van der Waals surface area contributed by atoms with Crippen molar-refractivity contribution in [1.29, 1.82) is 0 Å². The molecule has 170 valence electrons. The zero-order chi connectivity index (χ0) is 23.0. The lowest BCUT2D eigenvalue weighted by atomic mass is 10.0. The highest BCUT2D eigenvalue weighted by molar-refractivity contribution is 7.89. The molecule has 7 nitrogen and oxygen atoms in total. The number of pyridine rings is 2. The average molecular weight is 463 g/mol. The number of aromatic amines is 1. The summed E-state index contributed by atoms with van der Waals surface area (Å²) in [6.45, 7) is 5.45. The Labute approximate surface area is 193 Å². The van der Waals surface area contributed by atoms with Gasteiger partial charge in [-0.2, -0.15) is 4.31 Å². The molecule has 0 amide bonds. The summed E-state index contributed by atoms with van der Waals surface area (Å²) < 4.78 is 33.2. The van der Waals surface area contributed by atoms with E-state index in [2.05, 4.69) is 15.0 Å². The van der Waals surface area contributed by atoms with Crippen LogP contribution in [0.4, 0.5) is 0 Å². The van der Waals surface area contributed by atoms with E-state index in [1.54, 1.807) is 22.6 Å². The molecular formula is C25H26N4O3S. The van der Waals surface area contributed by atoms with E-state index >= 15 is 0 Å². The average Bonchev–Trinajstić information content (AvgIpc) is 3.49. The highest BCUT2D eigenvalue weighted by Crippen LogP contribution is 2.30. The minimum absolute atomic E-state index is 0.337. The van der Waals surface area contributed by atoms with Crippen LogP contribution >= 0.6 is 0 Å². The molecule has 33 heavy (non-hydrogen) atoms. The molecule has 0 spiro atoms. The molecule has 5 rings (SSSR count). The fourth-order valence-electron chi connectivity index (χ4n) is 4.28. The second kappa shape index (κ2) is 8.61. The van der Waals surface area contributed by atoms with Crippen LogP contribution in [0.5, 0.6) is 5.75 Å². The molecule has 1 aromatic carbocycles. The number of rotatable bonds is 6. The third-order valence-corrected chi connectivity index (χ3v) is 7.93. The quantitative estimate of drug-likeness (QED) is 0.452. The molecule has 4 heterocycles. The van der Waals surface area contributed by atoms with Crippen LogP contribution in [0.15, 0.2) is 59.6 Å². The van der Waals surface area contributed by atoms with Gasteiger partial charge in [-0.3, -0.25) is 4.98 Å². The van der Waals surface area contributed by atoms with Gasteiger partial charge in [0.2, 0.25) is 10.0 Å². The molecule has 1 saturated heterocycles. The van der Waals surface area contributed by atoms with Crippen LogP contribution in [0.25, 0.3) is 22.2 Å². The highest BCUT2D eigenvalue weighted by atomic mass is 32.2. The molecule has 4 aromatic rings. The summed E-state index contributed by atoms with van der Waals surface area (Å²) in [4.78, 5) is 12.6. The van der Waals surface area contributed by atoms with Crippen molar-refractivity contribution >= 4 is 21.1 Å². The number of benzene rings is 1. The maximum absolute atomic E-state index is 12.8. The normalized spacial score (nSPS) is 14.7. The van der Waals surface area contributed by atoms with Crippen LogP contribution in [0.2, 0.25) is 0 Å². The number of hydrogen-bond donors (Lipinski definition) is 1. The Morgan fingerprint density at radius 1 is 1.03 bits per heavy atom. The van der Waals surface area contributed by atoms with Crippen LogP contribution in [0.1, 0.15) is 29.9 Å². The van der Waals surface area contributed by atoms with Crippen molar-refractivity contribution in [3.8, 4) is 16.9 Å². The Morgan fingerprint density at radius 2 is 1.79 bits per heavy atom. The minimum atomic E-state index is -3.42. The maximum atomic E-state index is 12.8. The van der Waals surface area contributed by atoms with Crippen molar-refractivity contribution in [2.45, 2.75) is 38.2 Å². The number of aromatic nitrogens is 3. The molecule has 0 aliphatic carbocycles. The van der Waals surface area contributed by atoms with Crippen molar-refractivity contribution in [2.75, 3.05) is 13.1 Å². The Hall–Kier alpha value is -3.23. The number of sulfonamides is 1. The van der Waals surface area contributed by atoms with Crippen LogP contribution in [0, 0.1) is 13.8 Å². The molecule has 0 radical (unpaired) electrons. The number of H-pyrrole nitrogens is 1. The first-order valence-electron chi connectivity index (χ1n) is 11.1. The first-order valence-corrected chi connectivity index (χ1v) is 12.5. The van der Waals surface area contributed by atoms with Gasteiger partial charge in [0.25, 0.3) is 0 Å². The summed E-state index contributed by atoms with van der Waals surface area (Å²) in [5.41, 5.74) is 5.40. The Morgan fingerprint density at radius 3 is 2.52 bits per heavy atom. The van der Waals surface area contributed by atoms with Crippen molar-refractivity contribution in [2.24, 2.45) is 0 Å².